The Morgan fingerprint density at radius 1 is 1.38 bits per heavy atom. The number of benzene rings is 1. The Morgan fingerprint density at radius 2 is 2.00 bits per heavy atom. The summed E-state index contributed by atoms with van der Waals surface area (Å²) < 4.78 is 42.6. The molecular formula is C10H10F3NO2. The zero-order chi connectivity index (χ0) is 12.3. The standard InChI is InChI=1S/C10H10F3NO2/c1-6-3-7(14-5-15)4-8(9(6)16-2)10(11,12)13/h3-5H,1-2H3,(H,14,15). The molecule has 0 aromatic heterocycles. The number of methoxy groups -OCH3 is 1. The molecule has 0 fully saturated rings. The predicted octanol–water partition coefficient (Wildman–Crippen LogP) is 2.59. The number of rotatable bonds is 3. The number of hydrogen-bond acceptors (Lipinski definition) is 2. The molecule has 1 aromatic rings. The lowest BCUT2D eigenvalue weighted by Gasteiger charge is -2.15. The average molecular weight is 233 g/mol. The Kier molecular flexibility index (Phi) is 3.41. The molecule has 0 aliphatic heterocycles. The fourth-order valence-corrected chi connectivity index (χ4v) is 1.41. The maximum absolute atomic E-state index is 12.6. The van der Waals surface area contributed by atoms with Crippen LogP contribution in [0.15, 0.2) is 12.1 Å². The van der Waals surface area contributed by atoms with E-state index in [-0.39, 0.29) is 11.4 Å². The van der Waals surface area contributed by atoms with E-state index >= 15 is 0 Å². The minimum atomic E-state index is -4.52. The Hall–Kier alpha value is -1.72. The lowest BCUT2D eigenvalue weighted by molar-refractivity contribution is -0.138. The summed E-state index contributed by atoms with van der Waals surface area (Å²) in [5, 5.41) is 2.18. The quantitative estimate of drug-likeness (QED) is 0.815. The van der Waals surface area contributed by atoms with Gasteiger partial charge in [-0.3, -0.25) is 4.79 Å². The fourth-order valence-electron chi connectivity index (χ4n) is 1.41. The fraction of sp³-hybridized carbons (Fsp3) is 0.300. The third-order valence-electron chi connectivity index (χ3n) is 2.01. The zero-order valence-corrected chi connectivity index (χ0v) is 8.68. The van der Waals surface area contributed by atoms with Crippen LogP contribution in [0.5, 0.6) is 5.75 Å². The maximum Gasteiger partial charge on any atom is 0.420 e. The number of carbonyl (C=O) groups excluding carboxylic acids is 1. The topological polar surface area (TPSA) is 38.3 Å². The smallest absolute Gasteiger partial charge is 0.420 e. The second kappa shape index (κ2) is 4.42. The minimum Gasteiger partial charge on any atom is -0.496 e. The molecule has 0 spiro atoms. The lowest BCUT2D eigenvalue weighted by atomic mass is 10.1. The van der Waals surface area contributed by atoms with E-state index in [0.717, 1.165) is 6.07 Å². The summed E-state index contributed by atoms with van der Waals surface area (Å²) >= 11 is 0. The predicted molar refractivity (Wildman–Crippen MR) is 52.4 cm³/mol. The molecule has 0 atom stereocenters. The van der Waals surface area contributed by atoms with Crippen molar-refractivity contribution in [3.05, 3.63) is 23.3 Å². The average Bonchev–Trinajstić information content (AvgIpc) is 2.16. The monoisotopic (exact) mass is 233 g/mol. The van der Waals surface area contributed by atoms with Gasteiger partial charge in [0.05, 0.1) is 12.7 Å². The molecule has 1 aromatic carbocycles. The molecule has 1 amide bonds. The van der Waals surface area contributed by atoms with E-state index in [1.54, 1.807) is 0 Å². The Labute approximate surface area is 90.2 Å². The number of aryl methyl sites for hydroxylation is 1. The lowest BCUT2D eigenvalue weighted by Crippen LogP contribution is -2.09. The van der Waals surface area contributed by atoms with Crippen LogP contribution in [0, 0.1) is 6.92 Å². The highest BCUT2D eigenvalue weighted by Crippen LogP contribution is 2.39. The van der Waals surface area contributed by atoms with Crippen LogP contribution in [0.4, 0.5) is 18.9 Å². The normalized spacial score (nSPS) is 11.1. The molecule has 1 N–H and O–H groups in total. The molecule has 3 nitrogen and oxygen atoms in total. The second-order valence-corrected chi connectivity index (χ2v) is 3.13. The van der Waals surface area contributed by atoms with Crippen LogP contribution in [0.2, 0.25) is 0 Å². The number of halogens is 3. The van der Waals surface area contributed by atoms with E-state index < -0.39 is 11.7 Å². The van der Waals surface area contributed by atoms with Gasteiger partial charge < -0.3 is 10.1 Å². The van der Waals surface area contributed by atoms with E-state index in [9.17, 15) is 18.0 Å². The molecule has 1 rings (SSSR count). The number of carbonyl (C=O) groups is 1. The summed E-state index contributed by atoms with van der Waals surface area (Å²) in [4.78, 5) is 10.2. The van der Waals surface area contributed by atoms with Gasteiger partial charge in [0.1, 0.15) is 5.75 Å². The SMILES string of the molecule is COc1c(C)cc(NC=O)cc1C(F)(F)F. The van der Waals surface area contributed by atoms with Gasteiger partial charge in [0.25, 0.3) is 0 Å². The van der Waals surface area contributed by atoms with Gasteiger partial charge in [0.2, 0.25) is 6.41 Å². The van der Waals surface area contributed by atoms with Crippen LogP contribution < -0.4 is 10.1 Å². The van der Waals surface area contributed by atoms with Gasteiger partial charge in [-0.1, -0.05) is 0 Å². The number of ether oxygens (including phenoxy) is 1. The first kappa shape index (κ1) is 12.4. The van der Waals surface area contributed by atoms with E-state index in [0.29, 0.717) is 12.0 Å². The molecule has 16 heavy (non-hydrogen) atoms. The zero-order valence-electron chi connectivity index (χ0n) is 8.68. The summed E-state index contributed by atoms with van der Waals surface area (Å²) in [7, 11) is 1.17. The summed E-state index contributed by atoms with van der Waals surface area (Å²) in [5.74, 6) is -0.232. The third kappa shape index (κ3) is 2.44. The first-order valence-electron chi connectivity index (χ1n) is 4.36. The van der Waals surface area contributed by atoms with Crippen molar-refractivity contribution in [3.63, 3.8) is 0 Å². The van der Waals surface area contributed by atoms with Crippen LogP contribution in [0.25, 0.3) is 0 Å². The van der Waals surface area contributed by atoms with Gasteiger partial charge in [-0.2, -0.15) is 13.2 Å². The van der Waals surface area contributed by atoms with Crippen molar-refractivity contribution in [2.45, 2.75) is 13.1 Å². The van der Waals surface area contributed by atoms with Crippen LogP contribution in [-0.4, -0.2) is 13.5 Å². The molecule has 0 saturated carbocycles. The molecule has 0 saturated heterocycles. The molecule has 0 aliphatic rings. The Morgan fingerprint density at radius 3 is 2.44 bits per heavy atom. The van der Waals surface area contributed by atoms with E-state index in [2.05, 4.69) is 5.32 Å². The van der Waals surface area contributed by atoms with Gasteiger partial charge in [-0.15, -0.1) is 0 Å². The first-order valence-corrected chi connectivity index (χ1v) is 4.36. The van der Waals surface area contributed by atoms with Gasteiger partial charge in [0.15, 0.2) is 0 Å². The Balaban J connectivity index is 3.36. The molecule has 0 aliphatic carbocycles. The number of alkyl halides is 3. The highest BCUT2D eigenvalue weighted by Gasteiger charge is 2.35. The second-order valence-electron chi connectivity index (χ2n) is 3.13. The summed E-state index contributed by atoms with van der Waals surface area (Å²) in [6, 6.07) is 2.24. The van der Waals surface area contributed by atoms with Gasteiger partial charge in [0, 0.05) is 5.69 Å². The highest BCUT2D eigenvalue weighted by atomic mass is 19.4. The molecule has 0 bridgehead atoms. The first-order chi connectivity index (χ1) is 7.40. The van der Waals surface area contributed by atoms with Crippen molar-refractivity contribution in [1.29, 1.82) is 0 Å². The van der Waals surface area contributed by atoms with Crippen LogP contribution in [0.1, 0.15) is 11.1 Å². The van der Waals surface area contributed by atoms with Gasteiger partial charge in [-0.25, -0.2) is 0 Å². The number of amides is 1. The summed E-state index contributed by atoms with van der Waals surface area (Å²) in [6.45, 7) is 1.48. The molecule has 88 valence electrons. The number of anilines is 1. The number of hydrogen-bond donors (Lipinski definition) is 1. The largest absolute Gasteiger partial charge is 0.496 e. The highest BCUT2D eigenvalue weighted by molar-refractivity contribution is 5.73. The van der Waals surface area contributed by atoms with E-state index in [4.69, 9.17) is 4.74 Å². The van der Waals surface area contributed by atoms with Crippen LogP contribution >= 0.6 is 0 Å². The third-order valence-corrected chi connectivity index (χ3v) is 2.01. The summed E-state index contributed by atoms with van der Waals surface area (Å²) in [5.41, 5.74) is -0.512. The van der Waals surface area contributed by atoms with E-state index in [1.807, 2.05) is 0 Å². The molecule has 6 heteroatoms. The van der Waals surface area contributed by atoms with Gasteiger partial charge >= 0.3 is 6.18 Å². The van der Waals surface area contributed by atoms with Gasteiger partial charge in [-0.05, 0) is 24.6 Å². The van der Waals surface area contributed by atoms with Crippen molar-refractivity contribution >= 4 is 12.1 Å². The molecule has 0 radical (unpaired) electrons. The summed E-state index contributed by atoms with van der Waals surface area (Å²) in [6.07, 6.45) is -4.20. The van der Waals surface area contributed by atoms with Crippen LogP contribution in [-0.2, 0) is 11.0 Å². The molecule has 0 heterocycles. The van der Waals surface area contributed by atoms with Crippen molar-refractivity contribution in [3.8, 4) is 5.75 Å². The van der Waals surface area contributed by atoms with Crippen molar-refractivity contribution in [1.82, 2.24) is 0 Å². The number of nitrogens with one attached hydrogen (secondary N) is 1. The molecular weight excluding hydrogens is 223 g/mol. The van der Waals surface area contributed by atoms with E-state index in [1.165, 1.54) is 20.1 Å². The minimum absolute atomic E-state index is 0.0839. The maximum atomic E-state index is 12.6. The van der Waals surface area contributed by atoms with Crippen molar-refractivity contribution in [2.75, 3.05) is 12.4 Å². The van der Waals surface area contributed by atoms with Crippen LogP contribution in [0.3, 0.4) is 0 Å². The van der Waals surface area contributed by atoms with Crippen molar-refractivity contribution < 1.29 is 22.7 Å². The Bertz CT molecular complexity index is 402. The molecule has 0 unspecified atom stereocenters. The van der Waals surface area contributed by atoms with Crippen molar-refractivity contribution in [2.24, 2.45) is 0 Å².